The van der Waals surface area contributed by atoms with Crippen molar-refractivity contribution in [1.29, 1.82) is 0 Å². The number of benzene rings is 2. The van der Waals surface area contributed by atoms with Crippen molar-refractivity contribution in [3.63, 3.8) is 0 Å². The van der Waals surface area contributed by atoms with Gasteiger partial charge in [-0.3, -0.25) is 14.6 Å². The van der Waals surface area contributed by atoms with Gasteiger partial charge in [0.05, 0.1) is 6.20 Å². The molecule has 0 aliphatic rings. The minimum absolute atomic E-state index is 0.188. The number of amides is 2. The van der Waals surface area contributed by atoms with Crippen molar-refractivity contribution in [2.45, 2.75) is 19.8 Å². The molecular formula is C25H22N4O3. The van der Waals surface area contributed by atoms with Gasteiger partial charge in [0.15, 0.2) is 11.7 Å². The van der Waals surface area contributed by atoms with Crippen LogP contribution in [0.4, 0.5) is 11.4 Å². The quantitative estimate of drug-likeness (QED) is 0.439. The van der Waals surface area contributed by atoms with Crippen molar-refractivity contribution in [2.75, 3.05) is 10.6 Å². The van der Waals surface area contributed by atoms with Gasteiger partial charge in [-0.05, 0) is 37.3 Å². The van der Waals surface area contributed by atoms with Crippen LogP contribution in [0.3, 0.4) is 0 Å². The number of pyridine rings is 1. The van der Waals surface area contributed by atoms with Gasteiger partial charge in [-0.1, -0.05) is 35.9 Å². The summed E-state index contributed by atoms with van der Waals surface area (Å²) in [6.45, 7) is 2.03. The summed E-state index contributed by atoms with van der Waals surface area (Å²) in [4.78, 5) is 33.0. The molecule has 2 N–H and O–H groups in total. The minimum atomic E-state index is -0.268. The first-order valence-corrected chi connectivity index (χ1v) is 10.2. The van der Waals surface area contributed by atoms with Crippen LogP contribution in [0.1, 0.15) is 28.2 Å². The maximum atomic E-state index is 12.4. The van der Waals surface area contributed by atoms with Gasteiger partial charge in [0, 0.05) is 47.7 Å². The van der Waals surface area contributed by atoms with E-state index in [2.05, 4.69) is 20.6 Å². The average Bonchev–Trinajstić information content (AvgIpc) is 3.28. The number of aromatic nitrogens is 2. The summed E-state index contributed by atoms with van der Waals surface area (Å²) in [6.07, 6.45) is 5.46. The predicted octanol–water partition coefficient (Wildman–Crippen LogP) is 4.87. The second-order valence-electron chi connectivity index (χ2n) is 7.30. The minimum Gasteiger partial charge on any atom is -0.441 e. The molecule has 7 nitrogen and oxygen atoms in total. The first-order chi connectivity index (χ1) is 15.6. The van der Waals surface area contributed by atoms with E-state index in [-0.39, 0.29) is 18.2 Å². The van der Waals surface area contributed by atoms with Gasteiger partial charge in [0.25, 0.3) is 5.91 Å². The van der Waals surface area contributed by atoms with Crippen molar-refractivity contribution in [3.8, 4) is 11.3 Å². The standard InChI is InChI=1S/C25H22N4O3/c1-17-5-7-18(8-6-17)22-16-27-24(32-22)10-9-23(30)28-21-4-2-3-19(15-21)25(31)29-20-11-13-26-14-12-20/h2-8,11-16H,9-10H2,1H3,(H,28,30)(H,26,29,31). The highest BCUT2D eigenvalue weighted by molar-refractivity contribution is 6.05. The molecule has 2 heterocycles. The topological polar surface area (TPSA) is 97.1 Å². The molecule has 0 aliphatic carbocycles. The number of carbonyl (C=O) groups is 2. The van der Waals surface area contributed by atoms with E-state index >= 15 is 0 Å². The van der Waals surface area contributed by atoms with E-state index in [1.54, 1.807) is 55.0 Å². The summed E-state index contributed by atoms with van der Waals surface area (Å²) in [7, 11) is 0. The Bertz CT molecular complexity index is 1220. The molecule has 2 amide bonds. The largest absolute Gasteiger partial charge is 0.441 e. The Morgan fingerprint density at radius 3 is 2.50 bits per heavy atom. The van der Waals surface area contributed by atoms with Gasteiger partial charge in [0.1, 0.15) is 0 Å². The lowest BCUT2D eigenvalue weighted by Gasteiger charge is -2.08. The predicted molar refractivity (Wildman–Crippen MR) is 122 cm³/mol. The van der Waals surface area contributed by atoms with Gasteiger partial charge in [-0.25, -0.2) is 4.98 Å². The van der Waals surface area contributed by atoms with Crippen LogP contribution in [0, 0.1) is 6.92 Å². The normalized spacial score (nSPS) is 10.5. The van der Waals surface area contributed by atoms with Gasteiger partial charge < -0.3 is 15.1 Å². The number of hydrogen-bond donors (Lipinski definition) is 2. The monoisotopic (exact) mass is 426 g/mol. The summed E-state index contributed by atoms with van der Waals surface area (Å²) >= 11 is 0. The van der Waals surface area contributed by atoms with Crippen molar-refractivity contribution in [2.24, 2.45) is 0 Å². The van der Waals surface area contributed by atoms with Crippen LogP contribution < -0.4 is 10.6 Å². The van der Waals surface area contributed by atoms with Crippen molar-refractivity contribution in [1.82, 2.24) is 9.97 Å². The SMILES string of the molecule is Cc1ccc(-c2cnc(CCC(=O)Nc3cccc(C(=O)Nc4ccncc4)c3)o2)cc1. The Kier molecular flexibility index (Phi) is 6.36. The molecule has 0 radical (unpaired) electrons. The number of oxazole rings is 1. The Hall–Kier alpha value is -4.26. The molecule has 4 rings (SSSR count). The summed E-state index contributed by atoms with van der Waals surface area (Å²) < 4.78 is 5.77. The molecule has 7 heteroatoms. The molecule has 2 aromatic carbocycles. The van der Waals surface area contributed by atoms with Crippen LogP contribution in [0.5, 0.6) is 0 Å². The number of aryl methyl sites for hydroxylation is 2. The summed E-state index contributed by atoms with van der Waals surface area (Å²) in [5, 5.41) is 5.61. The lowest BCUT2D eigenvalue weighted by Crippen LogP contribution is -2.15. The van der Waals surface area contributed by atoms with E-state index in [0.29, 0.717) is 35.0 Å². The molecule has 0 saturated carbocycles. The number of anilines is 2. The third-order valence-electron chi connectivity index (χ3n) is 4.80. The Morgan fingerprint density at radius 2 is 1.72 bits per heavy atom. The molecule has 0 atom stereocenters. The maximum absolute atomic E-state index is 12.4. The van der Waals surface area contributed by atoms with Gasteiger partial charge in [-0.2, -0.15) is 0 Å². The summed E-state index contributed by atoms with van der Waals surface area (Å²) in [5.41, 5.74) is 3.75. The van der Waals surface area contributed by atoms with Crippen LogP contribution in [0.2, 0.25) is 0 Å². The molecule has 0 unspecified atom stereocenters. The Morgan fingerprint density at radius 1 is 0.938 bits per heavy atom. The maximum Gasteiger partial charge on any atom is 0.255 e. The zero-order valence-corrected chi connectivity index (χ0v) is 17.5. The molecule has 4 aromatic rings. The summed E-state index contributed by atoms with van der Waals surface area (Å²) in [5.74, 6) is 0.719. The molecule has 2 aromatic heterocycles. The molecule has 0 spiro atoms. The second-order valence-corrected chi connectivity index (χ2v) is 7.30. The van der Waals surface area contributed by atoms with E-state index in [1.807, 2.05) is 31.2 Å². The third kappa shape index (κ3) is 5.46. The van der Waals surface area contributed by atoms with Crippen LogP contribution in [0.25, 0.3) is 11.3 Å². The van der Waals surface area contributed by atoms with Gasteiger partial charge >= 0.3 is 0 Å². The van der Waals surface area contributed by atoms with Gasteiger partial charge in [0.2, 0.25) is 5.91 Å². The highest BCUT2D eigenvalue weighted by Gasteiger charge is 2.11. The molecule has 0 bridgehead atoms. The van der Waals surface area contributed by atoms with Crippen LogP contribution >= 0.6 is 0 Å². The zero-order valence-electron chi connectivity index (χ0n) is 17.5. The number of carbonyl (C=O) groups excluding carboxylic acids is 2. The van der Waals surface area contributed by atoms with E-state index in [1.165, 1.54) is 5.56 Å². The number of hydrogen-bond acceptors (Lipinski definition) is 5. The van der Waals surface area contributed by atoms with Crippen molar-refractivity contribution in [3.05, 3.63) is 96.3 Å². The van der Waals surface area contributed by atoms with E-state index in [0.717, 1.165) is 5.56 Å². The average molecular weight is 426 g/mol. The van der Waals surface area contributed by atoms with Crippen molar-refractivity contribution >= 4 is 23.2 Å². The van der Waals surface area contributed by atoms with E-state index < -0.39 is 0 Å². The van der Waals surface area contributed by atoms with Crippen LogP contribution in [0.15, 0.2) is 83.7 Å². The first kappa shape index (κ1) is 21.0. The Balaban J connectivity index is 1.32. The fourth-order valence-electron chi connectivity index (χ4n) is 3.10. The van der Waals surface area contributed by atoms with E-state index in [9.17, 15) is 9.59 Å². The third-order valence-corrected chi connectivity index (χ3v) is 4.80. The fraction of sp³-hybridized carbons (Fsp3) is 0.120. The summed E-state index contributed by atoms with van der Waals surface area (Å²) in [6, 6.07) is 18.2. The number of rotatable bonds is 7. The van der Waals surface area contributed by atoms with Crippen LogP contribution in [-0.4, -0.2) is 21.8 Å². The fourth-order valence-corrected chi connectivity index (χ4v) is 3.10. The highest BCUT2D eigenvalue weighted by atomic mass is 16.4. The highest BCUT2D eigenvalue weighted by Crippen LogP contribution is 2.21. The molecular weight excluding hydrogens is 404 g/mol. The van der Waals surface area contributed by atoms with E-state index in [4.69, 9.17) is 4.42 Å². The number of nitrogens with zero attached hydrogens (tertiary/aromatic N) is 2. The zero-order chi connectivity index (χ0) is 22.3. The van der Waals surface area contributed by atoms with Gasteiger partial charge in [-0.15, -0.1) is 0 Å². The smallest absolute Gasteiger partial charge is 0.255 e. The molecule has 0 saturated heterocycles. The second kappa shape index (κ2) is 9.70. The number of nitrogens with one attached hydrogen (secondary N) is 2. The Labute approximate surface area is 185 Å². The van der Waals surface area contributed by atoms with Crippen molar-refractivity contribution < 1.29 is 14.0 Å². The van der Waals surface area contributed by atoms with Crippen LogP contribution in [-0.2, 0) is 11.2 Å². The molecule has 0 fully saturated rings. The molecule has 160 valence electrons. The molecule has 32 heavy (non-hydrogen) atoms. The lowest BCUT2D eigenvalue weighted by molar-refractivity contribution is -0.116. The first-order valence-electron chi connectivity index (χ1n) is 10.2. The lowest BCUT2D eigenvalue weighted by atomic mass is 10.1. The molecule has 0 aliphatic heterocycles.